The summed E-state index contributed by atoms with van der Waals surface area (Å²) < 4.78 is 6.79. The SMILES string of the molecule is Cc1ccc(Cn2nc(C)c(C(=O)OCC(=O)N[C@H]3CCCC[C@@H]3C)c2Cl)cc1. The average Bonchev–Trinajstić information content (AvgIpc) is 2.97. The number of amides is 1. The van der Waals surface area contributed by atoms with E-state index in [0.717, 1.165) is 24.8 Å². The summed E-state index contributed by atoms with van der Waals surface area (Å²) in [7, 11) is 0. The molecule has 1 aromatic carbocycles. The molecule has 2 aromatic rings. The number of carbonyl (C=O) groups is 2. The number of nitrogens with zero attached hydrogens (tertiary/aromatic N) is 2. The molecule has 29 heavy (non-hydrogen) atoms. The van der Waals surface area contributed by atoms with Crippen LogP contribution in [0.5, 0.6) is 0 Å². The van der Waals surface area contributed by atoms with Crippen molar-refractivity contribution >= 4 is 23.5 Å². The Balaban J connectivity index is 1.59. The fourth-order valence-electron chi connectivity index (χ4n) is 3.74. The lowest BCUT2D eigenvalue weighted by Crippen LogP contribution is -2.42. The van der Waals surface area contributed by atoms with Crippen LogP contribution in [0.3, 0.4) is 0 Å². The average molecular weight is 418 g/mol. The minimum atomic E-state index is -0.630. The van der Waals surface area contributed by atoms with Crippen LogP contribution in [0.4, 0.5) is 0 Å². The molecule has 3 rings (SSSR count). The van der Waals surface area contributed by atoms with Crippen molar-refractivity contribution in [1.29, 1.82) is 0 Å². The third-order valence-electron chi connectivity index (χ3n) is 5.51. The predicted octanol–water partition coefficient (Wildman–Crippen LogP) is 4.05. The van der Waals surface area contributed by atoms with E-state index in [4.69, 9.17) is 16.3 Å². The molecule has 0 radical (unpaired) electrons. The van der Waals surface area contributed by atoms with Crippen LogP contribution in [-0.2, 0) is 16.1 Å². The van der Waals surface area contributed by atoms with E-state index < -0.39 is 5.97 Å². The number of esters is 1. The molecule has 7 heteroatoms. The molecule has 1 heterocycles. The summed E-state index contributed by atoms with van der Waals surface area (Å²) in [4.78, 5) is 24.7. The molecule has 1 N–H and O–H groups in total. The zero-order valence-electron chi connectivity index (χ0n) is 17.2. The van der Waals surface area contributed by atoms with Crippen molar-refractivity contribution in [2.75, 3.05) is 6.61 Å². The molecule has 0 saturated heterocycles. The molecule has 156 valence electrons. The summed E-state index contributed by atoms with van der Waals surface area (Å²) in [5.74, 6) is -0.465. The first kappa shape index (κ1) is 21.4. The van der Waals surface area contributed by atoms with Gasteiger partial charge in [0.05, 0.1) is 12.2 Å². The standard InChI is InChI=1S/C22H28ClN3O3/c1-14-8-10-17(11-9-14)12-26-21(23)20(16(3)25-26)22(28)29-13-19(27)24-18-7-5-4-6-15(18)2/h8-11,15,18H,4-7,12-13H2,1-3H3,(H,24,27)/t15-,18-/m0/s1. The Hall–Kier alpha value is -2.34. The number of hydrogen-bond acceptors (Lipinski definition) is 4. The van der Waals surface area contributed by atoms with Gasteiger partial charge >= 0.3 is 5.97 Å². The van der Waals surface area contributed by atoms with Gasteiger partial charge in [0.15, 0.2) is 6.61 Å². The van der Waals surface area contributed by atoms with Gasteiger partial charge in [-0.15, -0.1) is 0 Å². The molecule has 0 unspecified atom stereocenters. The van der Waals surface area contributed by atoms with Crippen LogP contribution in [0.15, 0.2) is 24.3 Å². The highest BCUT2D eigenvalue weighted by Crippen LogP contribution is 2.24. The van der Waals surface area contributed by atoms with Gasteiger partial charge in [-0.2, -0.15) is 5.10 Å². The fraction of sp³-hybridized carbons (Fsp3) is 0.500. The number of ether oxygens (including phenoxy) is 1. The summed E-state index contributed by atoms with van der Waals surface area (Å²) in [6.45, 7) is 6.00. The summed E-state index contributed by atoms with van der Waals surface area (Å²) in [5, 5.41) is 7.56. The van der Waals surface area contributed by atoms with Gasteiger partial charge in [-0.1, -0.05) is 61.2 Å². The normalized spacial score (nSPS) is 19.0. The van der Waals surface area contributed by atoms with Crippen molar-refractivity contribution in [2.45, 2.75) is 59.0 Å². The van der Waals surface area contributed by atoms with E-state index in [0.29, 0.717) is 18.2 Å². The maximum absolute atomic E-state index is 12.5. The highest BCUT2D eigenvalue weighted by atomic mass is 35.5. The minimum Gasteiger partial charge on any atom is -0.452 e. The van der Waals surface area contributed by atoms with Gasteiger partial charge in [0.1, 0.15) is 10.7 Å². The Labute approximate surface area is 176 Å². The first-order chi connectivity index (χ1) is 13.8. The van der Waals surface area contributed by atoms with E-state index in [2.05, 4.69) is 17.3 Å². The quantitative estimate of drug-likeness (QED) is 0.719. The lowest BCUT2D eigenvalue weighted by atomic mass is 9.86. The van der Waals surface area contributed by atoms with E-state index in [9.17, 15) is 9.59 Å². The number of carbonyl (C=O) groups excluding carboxylic acids is 2. The summed E-state index contributed by atoms with van der Waals surface area (Å²) in [6, 6.07) is 8.17. The Bertz CT molecular complexity index is 876. The first-order valence-electron chi connectivity index (χ1n) is 10.1. The number of rotatable bonds is 6. The van der Waals surface area contributed by atoms with Gasteiger partial charge in [-0.3, -0.25) is 4.79 Å². The third kappa shape index (κ3) is 5.38. The highest BCUT2D eigenvalue weighted by molar-refractivity contribution is 6.32. The van der Waals surface area contributed by atoms with Gasteiger partial charge in [-0.25, -0.2) is 9.48 Å². The second-order valence-electron chi connectivity index (χ2n) is 7.91. The molecule has 6 nitrogen and oxygen atoms in total. The number of aryl methyl sites for hydroxylation is 2. The van der Waals surface area contributed by atoms with Crippen LogP contribution < -0.4 is 5.32 Å². The molecule has 1 aromatic heterocycles. The lowest BCUT2D eigenvalue weighted by molar-refractivity contribution is -0.125. The number of halogens is 1. The van der Waals surface area contributed by atoms with Crippen LogP contribution in [0.25, 0.3) is 0 Å². The molecule has 0 bridgehead atoms. The van der Waals surface area contributed by atoms with Crippen LogP contribution in [0.1, 0.15) is 59.8 Å². The number of benzene rings is 1. The van der Waals surface area contributed by atoms with Crippen molar-refractivity contribution in [1.82, 2.24) is 15.1 Å². The van der Waals surface area contributed by atoms with Crippen molar-refractivity contribution in [3.63, 3.8) is 0 Å². The number of nitrogens with one attached hydrogen (secondary N) is 1. The van der Waals surface area contributed by atoms with Crippen molar-refractivity contribution in [3.8, 4) is 0 Å². The smallest absolute Gasteiger partial charge is 0.343 e. The maximum atomic E-state index is 12.5. The Morgan fingerprint density at radius 2 is 1.90 bits per heavy atom. The largest absolute Gasteiger partial charge is 0.452 e. The van der Waals surface area contributed by atoms with Crippen LogP contribution in [-0.4, -0.2) is 34.3 Å². The molecule has 1 saturated carbocycles. The molecule has 1 fully saturated rings. The predicted molar refractivity (Wildman–Crippen MR) is 112 cm³/mol. The van der Waals surface area contributed by atoms with Crippen LogP contribution in [0, 0.1) is 19.8 Å². The van der Waals surface area contributed by atoms with Gasteiger partial charge in [0, 0.05) is 6.04 Å². The van der Waals surface area contributed by atoms with Gasteiger partial charge in [-0.05, 0) is 38.2 Å². The topological polar surface area (TPSA) is 73.2 Å². The molecule has 0 aliphatic heterocycles. The van der Waals surface area contributed by atoms with Crippen LogP contribution >= 0.6 is 11.6 Å². The van der Waals surface area contributed by atoms with Crippen LogP contribution in [0.2, 0.25) is 5.15 Å². The van der Waals surface area contributed by atoms with E-state index >= 15 is 0 Å². The van der Waals surface area contributed by atoms with Crippen molar-refractivity contribution < 1.29 is 14.3 Å². The molecular weight excluding hydrogens is 390 g/mol. The Morgan fingerprint density at radius 3 is 2.59 bits per heavy atom. The van der Waals surface area contributed by atoms with E-state index in [1.165, 1.54) is 12.0 Å². The van der Waals surface area contributed by atoms with Gasteiger partial charge in [0.2, 0.25) is 0 Å². The summed E-state index contributed by atoms with van der Waals surface area (Å²) >= 11 is 6.39. The number of aromatic nitrogens is 2. The first-order valence-corrected chi connectivity index (χ1v) is 10.5. The van der Waals surface area contributed by atoms with Gasteiger partial charge < -0.3 is 10.1 Å². The molecule has 1 aliphatic carbocycles. The van der Waals surface area contributed by atoms with Crippen molar-refractivity contribution in [3.05, 3.63) is 51.8 Å². The molecular formula is C22H28ClN3O3. The number of hydrogen-bond donors (Lipinski definition) is 1. The highest BCUT2D eigenvalue weighted by Gasteiger charge is 2.25. The minimum absolute atomic E-state index is 0.150. The second-order valence-corrected chi connectivity index (χ2v) is 8.26. The third-order valence-corrected chi connectivity index (χ3v) is 5.90. The fourth-order valence-corrected chi connectivity index (χ4v) is 4.05. The zero-order valence-corrected chi connectivity index (χ0v) is 18.0. The van der Waals surface area contributed by atoms with E-state index in [-0.39, 0.29) is 29.3 Å². The molecule has 1 aliphatic rings. The molecule has 2 atom stereocenters. The van der Waals surface area contributed by atoms with E-state index in [1.54, 1.807) is 11.6 Å². The summed E-state index contributed by atoms with van der Waals surface area (Å²) in [6.07, 6.45) is 4.40. The molecule has 0 spiro atoms. The summed E-state index contributed by atoms with van der Waals surface area (Å²) in [5.41, 5.74) is 2.88. The lowest BCUT2D eigenvalue weighted by Gasteiger charge is -2.29. The monoisotopic (exact) mass is 417 g/mol. The van der Waals surface area contributed by atoms with Crippen molar-refractivity contribution in [2.24, 2.45) is 5.92 Å². The van der Waals surface area contributed by atoms with Gasteiger partial charge in [0.25, 0.3) is 5.91 Å². The zero-order chi connectivity index (χ0) is 21.0. The maximum Gasteiger partial charge on any atom is 0.343 e. The van der Waals surface area contributed by atoms with E-state index in [1.807, 2.05) is 31.2 Å². The second kappa shape index (κ2) is 9.44. The Kier molecular flexibility index (Phi) is 6.96. The molecule has 1 amide bonds. The Morgan fingerprint density at radius 1 is 1.21 bits per heavy atom.